The highest BCUT2D eigenvalue weighted by Crippen LogP contribution is 2.49. The van der Waals surface area contributed by atoms with Crippen LogP contribution in [0.1, 0.15) is 101 Å². The Hall–Kier alpha value is -6.35. The first-order valence-corrected chi connectivity index (χ1v) is 23.1. The SMILES string of the molecule is C=CC(=O)N1CCC(C(=O)N(C)C(C(=O)N[C@H]2Cc3cc(O)cc(c3)-c3ccc4c(c3)c(c(-c3cncnc3)n4CC)C(C)(C)c3cnc(n3C3CC3)[C@@H]3CCCN(N3)C2=O)C(C)C)C1. The minimum Gasteiger partial charge on any atom is -0.508 e. The summed E-state index contributed by atoms with van der Waals surface area (Å²) in [6, 6.07) is 9.77. The summed E-state index contributed by atoms with van der Waals surface area (Å²) < 4.78 is 4.74. The molecule has 5 aromatic rings. The van der Waals surface area contributed by atoms with Gasteiger partial charge in [-0.25, -0.2) is 20.4 Å². The van der Waals surface area contributed by atoms with Crippen molar-refractivity contribution in [2.75, 3.05) is 26.7 Å². The third-order valence-corrected chi connectivity index (χ3v) is 14.0. The lowest BCUT2D eigenvalue weighted by atomic mass is 9.78. The van der Waals surface area contributed by atoms with E-state index in [0.717, 1.165) is 69.6 Å². The number of benzene rings is 2. The summed E-state index contributed by atoms with van der Waals surface area (Å²) in [6.07, 6.45) is 12.6. The topological polar surface area (TPSA) is 171 Å². The molecule has 15 nitrogen and oxygen atoms in total. The lowest BCUT2D eigenvalue weighted by molar-refractivity contribution is -0.146. The fourth-order valence-electron chi connectivity index (χ4n) is 10.8. The zero-order valence-electron chi connectivity index (χ0n) is 38.3. The van der Waals surface area contributed by atoms with Crippen molar-refractivity contribution in [1.29, 1.82) is 0 Å². The Balaban J connectivity index is 1.16. The van der Waals surface area contributed by atoms with Crippen LogP contribution in [0.4, 0.5) is 0 Å². The molecule has 4 aliphatic rings. The van der Waals surface area contributed by atoms with E-state index in [-0.39, 0.29) is 54.4 Å². The molecule has 1 aliphatic carbocycles. The maximum atomic E-state index is 15.0. The van der Waals surface area contributed by atoms with Crippen molar-refractivity contribution in [2.24, 2.45) is 11.8 Å². The van der Waals surface area contributed by atoms with E-state index in [1.807, 2.05) is 38.5 Å². The van der Waals surface area contributed by atoms with Gasteiger partial charge in [0.1, 0.15) is 30.0 Å². The molecule has 340 valence electrons. The van der Waals surface area contributed by atoms with Gasteiger partial charge in [0, 0.05) is 91.9 Å². The lowest BCUT2D eigenvalue weighted by Crippen LogP contribution is -2.60. The second kappa shape index (κ2) is 17.2. The van der Waals surface area contributed by atoms with Crippen molar-refractivity contribution in [3.63, 3.8) is 0 Å². The summed E-state index contributed by atoms with van der Waals surface area (Å²) in [5.74, 6) is -1.10. The van der Waals surface area contributed by atoms with Gasteiger partial charge in [-0.3, -0.25) is 24.2 Å². The summed E-state index contributed by atoms with van der Waals surface area (Å²) in [5, 5.41) is 17.2. The van der Waals surface area contributed by atoms with Gasteiger partial charge >= 0.3 is 0 Å². The van der Waals surface area contributed by atoms with Gasteiger partial charge in [0.15, 0.2) is 0 Å². The number of imidazole rings is 1. The summed E-state index contributed by atoms with van der Waals surface area (Å²) in [7, 11) is 1.62. The molecule has 65 heavy (non-hydrogen) atoms. The molecule has 3 fully saturated rings. The van der Waals surface area contributed by atoms with Crippen molar-refractivity contribution < 1.29 is 24.3 Å². The fraction of sp³-hybridized carbons (Fsp3) is 0.460. The normalized spacial score (nSPS) is 21.1. The van der Waals surface area contributed by atoms with E-state index in [1.165, 1.54) is 11.0 Å². The molecule has 4 atom stereocenters. The second-order valence-corrected chi connectivity index (χ2v) is 19.1. The van der Waals surface area contributed by atoms with Gasteiger partial charge in [0.2, 0.25) is 17.7 Å². The molecule has 8 bridgehead atoms. The van der Waals surface area contributed by atoms with Gasteiger partial charge in [-0.15, -0.1) is 0 Å². The first-order chi connectivity index (χ1) is 31.2. The Labute approximate surface area is 379 Å². The standard InChI is InChI=1S/C50H60N10O5/c1-8-42(62)57-18-16-32(27-57)48(64)56(7)44(29(3)4)47(63)54-39-21-30-19-33(22-36(61)20-30)31-12-15-40-37(23-31)43(45(58(40)9-2)34-24-51-28-52-25-34)50(5,6)41-26-53-46(60(41)35-13-14-35)38-11-10-17-59(55-38)49(39)65/h8,12,15,19-20,22-26,28-29,32,35,38-39,44,55,61H,1,9-11,13-14,16-18,21,27H2,2-7H3,(H,54,63)/t32?,38-,39-,44?/m0/s1. The van der Waals surface area contributed by atoms with Crippen LogP contribution >= 0.6 is 0 Å². The number of amides is 4. The van der Waals surface area contributed by atoms with Crippen LogP contribution in [0.15, 0.2) is 74.0 Å². The summed E-state index contributed by atoms with van der Waals surface area (Å²) in [6.45, 7) is 15.8. The maximum Gasteiger partial charge on any atom is 0.259 e. The number of likely N-dealkylation sites (N-methyl/N-ethyl adjacent to an activating group) is 1. The Morgan fingerprint density at radius 1 is 1.02 bits per heavy atom. The first kappa shape index (κ1) is 43.9. The number of rotatable bonds is 9. The number of aryl methyl sites for hydroxylation is 1. The number of hydrazine groups is 1. The van der Waals surface area contributed by atoms with E-state index in [9.17, 15) is 19.5 Å². The minimum absolute atomic E-state index is 0.0319. The predicted octanol–water partition coefficient (Wildman–Crippen LogP) is 6.07. The number of nitrogens with zero attached hydrogens (tertiary/aromatic N) is 8. The lowest BCUT2D eigenvalue weighted by Gasteiger charge is -2.37. The third kappa shape index (κ3) is 7.97. The maximum absolute atomic E-state index is 15.0. The van der Waals surface area contributed by atoms with Crippen molar-refractivity contribution in [2.45, 2.75) is 109 Å². The predicted molar refractivity (Wildman–Crippen MR) is 247 cm³/mol. The van der Waals surface area contributed by atoms with Gasteiger partial charge in [0.05, 0.1) is 17.7 Å². The van der Waals surface area contributed by atoms with Crippen molar-refractivity contribution in [3.8, 4) is 28.1 Å². The monoisotopic (exact) mass is 880 g/mol. The van der Waals surface area contributed by atoms with Gasteiger partial charge in [-0.2, -0.15) is 0 Å². The Bertz CT molecular complexity index is 2680. The van der Waals surface area contributed by atoms with Crippen molar-refractivity contribution in [1.82, 2.24) is 49.6 Å². The molecule has 1 saturated carbocycles. The number of nitrogens with one attached hydrogen (secondary N) is 2. The second-order valence-electron chi connectivity index (χ2n) is 19.1. The van der Waals surface area contributed by atoms with Gasteiger partial charge in [0.25, 0.3) is 5.91 Å². The first-order valence-electron chi connectivity index (χ1n) is 23.1. The largest absolute Gasteiger partial charge is 0.508 e. The number of hydrogen-bond donors (Lipinski definition) is 3. The van der Waals surface area contributed by atoms with Crippen LogP contribution in [0.2, 0.25) is 0 Å². The highest BCUT2D eigenvalue weighted by Gasteiger charge is 2.43. The van der Waals surface area contributed by atoms with E-state index in [2.05, 4.69) is 75.4 Å². The van der Waals surface area contributed by atoms with E-state index >= 15 is 4.79 Å². The van der Waals surface area contributed by atoms with Gasteiger partial charge in [-0.1, -0.05) is 46.4 Å². The summed E-state index contributed by atoms with van der Waals surface area (Å²) in [5.41, 5.74) is 10.5. The highest BCUT2D eigenvalue weighted by atomic mass is 16.3. The minimum atomic E-state index is -1.06. The van der Waals surface area contributed by atoms with E-state index in [0.29, 0.717) is 38.0 Å². The number of phenols is 1. The molecule has 3 aromatic heterocycles. The number of carbonyl (C=O) groups is 4. The molecule has 0 spiro atoms. The molecule has 4 amide bonds. The fourth-order valence-corrected chi connectivity index (χ4v) is 10.8. The summed E-state index contributed by atoms with van der Waals surface area (Å²) in [4.78, 5) is 73.1. The molecule has 9 rings (SSSR count). The molecular formula is C50H60N10O5. The van der Waals surface area contributed by atoms with Crippen LogP contribution in [-0.2, 0) is 37.6 Å². The van der Waals surface area contributed by atoms with E-state index < -0.39 is 29.3 Å². The van der Waals surface area contributed by atoms with Gasteiger partial charge < -0.3 is 29.4 Å². The number of likely N-dealkylation sites (tertiary alicyclic amines) is 1. The molecule has 15 heteroatoms. The van der Waals surface area contributed by atoms with Crippen LogP contribution in [0, 0.1) is 11.8 Å². The van der Waals surface area contributed by atoms with Crippen LogP contribution in [0.3, 0.4) is 0 Å². The zero-order chi connectivity index (χ0) is 45.9. The molecule has 2 saturated heterocycles. The molecule has 3 aliphatic heterocycles. The molecule has 2 unspecified atom stereocenters. The Kier molecular flexibility index (Phi) is 11.6. The number of aromatic nitrogens is 5. The van der Waals surface area contributed by atoms with E-state index in [1.54, 1.807) is 35.4 Å². The number of carbonyl (C=O) groups excluding carboxylic acids is 4. The number of fused-ring (bicyclic) bond motifs is 9. The number of hydrogen-bond acceptors (Lipinski definition) is 9. The van der Waals surface area contributed by atoms with Crippen LogP contribution in [-0.4, -0.2) is 106 Å². The average molecular weight is 881 g/mol. The number of phenolic OH excluding ortho intramolecular Hbond substituents is 1. The van der Waals surface area contributed by atoms with Crippen molar-refractivity contribution >= 4 is 34.5 Å². The quantitative estimate of drug-likeness (QED) is 0.149. The van der Waals surface area contributed by atoms with Crippen molar-refractivity contribution in [3.05, 3.63) is 96.6 Å². The van der Waals surface area contributed by atoms with Crippen LogP contribution in [0.25, 0.3) is 33.3 Å². The molecule has 6 heterocycles. The Morgan fingerprint density at radius 3 is 2.49 bits per heavy atom. The molecular weight excluding hydrogens is 821 g/mol. The smallest absolute Gasteiger partial charge is 0.259 e. The van der Waals surface area contributed by atoms with Crippen LogP contribution in [0.5, 0.6) is 5.75 Å². The highest BCUT2D eigenvalue weighted by molar-refractivity contribution is 5.97. The summed E-state index contributed by atoms with van der Waals surface area (Å²) >= 11 is 0. The molecule has 3 N–H and O–H groups in total. The molecule has 2 aromatic carbocycles. The zero-order valence-corrected chi connectivity index (χ0v) is 38.3. The van der Waals surface area contributed by atoms with E-state index in [4.69, 9.17) is 4.98 Å². The average Bonchev–Trinajstić information content (AvgIpc) is 3.67. The molecule has 0 radical (unpaired) electrons. The third-order valence-electron chi connectivity index (χ3n) is 14.0. The van der Waals surface area contributed by atoms with Gasteiger partial charge in [-0.05, 0) is 97.5 Å². The Morgan fingerprint density at radius 2 is 1.78 bits per heavy atom. The van der Waals surface area contributed by atoms with Crippen LogP contribution < -0.4 is 10.7 Å². The number of aromatic hydroxyl groups is 1.